The molecule has 1 N–H and O–H groups in total. The van der Waals surface area contributed by atoms with Gasteiger partial charge in [-0.3, -0.25) is 24.3 Å². The first kappa shape index (κ1) is 20.2. The van der Waals surface area contributed by atoms with Gasteiger partial charge in [-0.1, -0.05) is 24.3 Å². The van der Waals surface area contributed by atoms with Crippen molar-refractivity contribution in [2.75, 3.05) is 13.1 Å². The molecule has 1 aromatic heterocycles. The molecule has 28 heavy (non-hydrogen) atoms. The number of thioether (sulfide) groups is 2. The Hall–Kier alpha value is -2.58. The second-order valence-electron chi connectivity index (χ2n) is 5.98. The molecule has 1 aliphatic heterocycles. The van der Waals surface area contributed by atoms with Gasteiger partial charge in [0.15, 0.2) is 0 Å². The summed E-state index contributed by atoms with van der Waals surface area (Å²) < 4.78 is 0. The molecule has 0 spiro atoms. The maximum atomic E-state index is 12.4. The molecule has 8 heteroatoms. The molecule has 3 amide bonds. The molecule has 1 fully saturated rings. The van der Waals surface area contributed by atoms with Crippen molar-refractivity contribution in [1.82, 2.24) is 15.2 Å². The number of hydrogen-bond donors (Lipinski definition) is 1. The largest absolute Gasteiger partial charge is 0.353 e. The van der Waals surface area contributed by atoms with Gasteiger partial charge in [0.2, 0.25) is 5.91 Å². The normalized spacial score (nSPS) is 16.5. The Labute approximate surface area is 171 Å². The molecule has 6 nitrogen and oxygen atoms in total. The lowest BCUT2D eigenvalue weighted by atomic mass is 10.2. The van der Waals surface area contributed by atoms with E-state index in [0.29, 0.717) is 4.91 Å². The van der Waals surface area contributed by atoms with Crippen LogP contribution in [0.3, 0.4) is 0 Å². The average Bonchev–Trinajstić information content (AvgIpc) is 2.96. The summed E-state index contributed by atoms with van der Waals surface area (Å²) in [5.74, 6) is -0.480. The van der Waals surface area contributed by atoms with Crippen molar-refractivity contribution in [1.29, 1.82) is 0 Å². The van der Waals surface area contributed by atoms with Gasteiger partial charge in [-0.05, 0) is 48.5 Å². The maximum Gasteiger partial charge on any atom is 0.293 e. The Morgan fingerprint density at radius 2 is 2.04 bits per heavy atom. The van der Waals surface area contributed by atoms with Gasteiger partial charge in [-0.2, -0.15) is 0 Å². The van der Waals surface area contributed by atoms with Crippen LogP contribution in [-0.4, -0.2) is 45.3 Å². The lowest BCUT2D eigenvalue weighted by Crippen LogP contribution is -2.39. The maximum absolute atomic E-state index is 12.4. The molecule has 2 heterocycles. The Kier molecular flexibility index (Phi) is 6.89. The van der Waals surface area contributed by atoms with Crippen molar-refractivity contribution in [3.8, 4) is 0 Å². The first-order valence-corrected chi connectivity index (χ1v) is 10.4. The van der Waals surface area contributed by atoms with E-state index in [4.69, 9.17) is 0 Å². The summed E-state index contributed by atoms with van der Waals surface area (Å²) in [5, 5.41) is 2.18. The van der Waals surface area contributed by atoms with Gasteiger partial charge < -0.3 is 5.32 Å². The molecule has 1 saturated heterocycles. The molecule has 0 saturated carbocycles. The van der Waals surface area contributed by atoms with E-state index in [0.717, 1.165) is 27.1 Å². The Morgan fingerprint density at radius 1 is 1.25 bits per heavy atom. The Balaban J connectivity index is 1.50. The lowest BCUT2D eigenvalue weighted by Gasteiger charge is -2.15. The molecule has 0 radical (unpaired) electrons. The fourth-order valence-electron chi connectivity index (χ4n) is 2.50. The zero-order chi connectivity index (χ0) is 19.9. The van der Waals surface area contributed by atoms with Gasteiger partial charge in [0.05, 0.1) is 10.2 Å². The number of amides is 3. The summed E-state index contributed by atoms with van der Waals surface area (Å²) in [6, 6.07) is 13.2. The molecule has 1 aliphatic rings. The second kappa shape index (κ2) is 9.57. The highest BCUT2D eigenvalue weighted by atomic mass is 32.2. The van der Waals surface area contributed by atoms with Crippen LogP contribution in [0.4, 0.5) is 4.79 Å². The van der Waals surface area contributed by atoms with Crippen LogP contribution in [0.25, 0.3) is 6.08 Å². The zero-order valence-corrected chi connectivity index (χ0v) is 16.8. The third-order valence-corrected chi connectivity index (χ3v) is 5.94. The van der Waals surface area contributed by atoms with Gasteiger partial charge in [0.25, 0.3) is 11.1 Å². The van der Waals surface area contributed by atoms with Crippen LogP contribution in [0.2, 0.25) is 0 Å². The van der Waals surface area contributed by atoms with Crippen LogP contribution in [0.15, 0.2) is 64.7 Å². The van der Waals surface area contributed by atoms with E-state index in [1.807, 2.05) is 43.3 Å². The summed E-state index contributed by atoms with van der Waals surface area (Å²) in [4.78, 5) is 43.3. The number of carbonyl (C=O) groups excluding carboxylic acids is 3. The highest BCUT2D eigenvalue weighted by molar-refractivity contribution is 8.18. The Bertz CT molecular complexity index is 888. The fourth-order valence-corrected chi connectivity index (χ4v) is 4.27. The second-order valence-corrected chi connectivity index (χ2v) is 8.39. The predicted molar refractivity (Wildman–Crippen MR) is 112 cm³/mol. The number of hydrogen-bond acceptors (Lipinski definition) is 6. The summed E-state index contributed by atoms with van der Waals surface area (Å²) in [5.41, 5.74) is 0.757. The van der Waals surface area contributed by atoms with E-state index < -0.39 is 0 Å². The third-order valence-electron chi connectivity index (χ3n) is 3.92. The Morgan fingerprint density at radius 3 is 2.75 bits per heavy atom. The minimum Gasteiger partial charge on any atom is -0.353 e. The highest BCUT2D eigenvalue weighted by Gasteiger charge is 2.34. The average molecular weight is 414 g/mol. The lowest BCUT2D eigenvalue weighted by molar-refractivity contribution is -0.124. The van der Waals surface area contributed by atoms with E-state index in [1.165, 1.54) is 11.8 Å². The van der Waals surface area contributed by atoms with Crippen molar-refractivity contribution in [2.45, 2.75) is 17.1 Å². The van der Waals surface area contributed by atoms with Crippen molar-refractivity contribution < 1.29 is 14.4 Å². The smallest absolute Gasteiger partial charge is 0.293 e. The molecule has 2 aromatic rings. The predicted octanol–water partition coefficient (Wildman–Crippen LogP) is 3.41. The van der Waals surface area contributed by atoms with Crippen LogP contribution >= 0.6 is 23.5 Å². The summed E-state index contributed by atoms with van der Waals surface area (Å²) in [6.45, 7) is 2.18. The molecule has 144 valence electrons. The third kappa shape index (κ3) is 5.24. The minimum absolute atomic E-state index is 0.133. The molecular formula is C20H19N3O3S2. The number of benzene rings is 1. The number of rotatable bonds is 7. The number of pyridine rings is 1. The van der Waals surface area contributed by atoms with Crippen molar-refractivity contribution in [2.24, 2.45) is 0 Å². The number of nitrogens with zero attached hydrogens (tertiary/aromatic N) is 2. The molecule has 3 rings (SSSR count). The van der Waals surface area contributed by atoms with E-state index in [-0.39, 0.29) is 35.4 Å². The zero-order valence-electron chi connectivity index (χ0n) is 15.2. The molecule has 0 aliphatic carbocycles. The number of carbonyl (C=O) groups is 3. The number of nitrogens with one attached hydrogen (secondary N) is 1. The van der Waals surface area contributed by atoms with Gasteiger partial charge in [-0.25, -0.2) is 0 Å². The van der Waals surface area contributed by atoms with Crippen molar-refractivity contribution >= 4 is 46.7 Å². The highest BCUT2D eigenvalue weighted by Crippen LogP contribution is 2.31. The van der Waals surface area contributed by atoms with Crippen LogP contribution in [0.5, 0.6) is 0 Å². The van der Waals surface area contributed by atoms with E-state index in [9.17, 15) is 14.4 Å². The summed E-state index contributed by atoms with van der Waals surface area (Å²) >= 11 is 2.36. The van der Waals surface area contributed by atoms with E-state index in [1.54, 1.807) is 24.5 Å². The van der Waals surface area contributed by atoms with Crippen LogP contribution < -0.4 is 5.32 Å². The van der Waals surface area contributed by atoms with Crippen molar-refractivity contribution in [3.63, 3.8) is 0 Å². The van der Waals surface area contributed by atoms with Gasteiger partial charge in [-0.15, -0.1) is 11.8 Å². The fraction of sp³-hybridized carbons (Fsp3) is 0.200. The molecule has 1 unspecified atom stereocenters. The van der Waals surface area contributed by atoms with Crippen molar-refractivity contribution in [3.05, 3.63) is 65.3 Å². The van der Waals surface area contributed by atoms with Crippen LogP contribution in [0.1, 0.15) is 12.5 Å². The quantitative estimate of drug-likeness (QED) is 0.554. The molecule has 0 bridgehead atoms. The number of imide groups is 1. The SMILES string of the molecule is CC(Sc1ccccc1)C(=O)NCCN1C(=O)S/C(=C/c2cccnc2)C1=O. The monoisotopic (exact) mass is 413 g/mol. The number of aromatic nitrogens is 1. The molecular weight excluding hydrogens is 394 g/mol. The first-order valence-electron chi connectivity index (χ1n) is 8.69. The summed E-state index contributed by atoms with van der Waals surface area (Å²) in [7, 11) is 0. The van der Waals surface area contributed by atoms with E-state index in [2.05, 4.69) is 10.3 Å². The van der Waals surface area contributed by atoms with Gasteiger partial charge >= 0.3 is 0 Å². The topological polar surface area (TPSA) is 79.4 Å². The van der Waals surface area contributed by atoms with Crippen LogP contribution in [-0.2, 0) is 9.59 Å². The van der Waals surface area contributed by atoms with Crippen LogP contribution in [0, 0.1) is 0 Å². The van der Waals surface area contributed by atoms with E-state index >= 15 is 0 Å². The standard InChI is InChI=1S/C20H19N3O3S2/c1-14(27-16-7-3-2-4-8-16)18(24)22-10-11-23-19(25)17(28-20(23)26)12-15-6-5-9-21-13-15/h2-9,12-14H,10-11H2,1H3,(H,22,24)/b17-12+. The molecule has 1 aromatic carbocycles. The minimum atomic E-state index is -0.347. The first-order chi connectivity index (χ1) is 13.5. The molecule has 1 atom stereocenters. The summed E-state index contributed by atoms with van der Waals surface area (Å²) in [6.07, 6.45) is 4.91. The van der Waals surface area contributed by atoms with Gasteiger partial charge in [0.1, 0.15) is 0 Å². The van der Waals surface area contributed by atoms with Gasteiger partial charge in [0, 0.05) is 30.4 Å².